The van der Waals surface area contributed by atoms with Crippen LogP contribution in [0.1, 0.15) is 57.4 Å². The third-order valence-corrected chi connectivity index (χ3v) is 3.27. The molecule has 1 N–H and O–H groups in total. The standard InChI is InChI=1S/C16H26FN/c1-3-4-5-6-7-8-9-12-18-15-10-11-16(17)14(2)13-15/h10-11,13,18H,3-9,12H2,1-2H3. The number of rotatable bonds is 9. The number of hydrogen-bond donors (Lipinski definition) is 1. The molecule has 0 aromatic heterocycles. The highest BCUT2D eigenvalue weighted by Gasteiger charge is 1.98. The Morgan fingerprint density at radius 2 is 1.67 bits per heavy atom. The van der Waals surface area contributed by atoms with Gasteiger partial charge in [-0.1, -0.05) is 45.4 Å². The molecule has 0 radical (unpaired) electrons. The predicted molar refractivity (Wildman–Crippen MR) is 77.6 cm³/mol. The molecule has 18 heavy (non-hydrogen) atoms. The summed E-state index contributed by atoms with van der Waals surface area (Å²) >= 11 is 0. The molecule has 0 saturated carbocycles. The topological polar surface area (TPSA) is 12.0 Å². The van der Waals surface area contributed by atoms with E-state index in [1.807, 2.05) is 12.1 Å². The first-order valence-corrected chi connectivity index (χ1v) is 7.24. The number of benzene rings is 1. The van der Waals surface area contributed by atoms with Gasteiger partial charge in [0, 0.05) is 12.2 Å². The second-order valence-electron chi connectivity index (χ2n) is 5.01. The van der Waals surface area contributed by atoms with Crippen LogP contribution in [-0.2, 0) is 0 Å². The number of unbranched alkanes of at least 4 members (excludes halogenated alkanes) is 6. The van der Waals surface area contributed by atoms with Gasteiger partial charge in [0.2, 0.25) is 0 Å². The van der Waals surface area contributed by atoms with Crippen LogP contribution in [0.15, 0.2) is 18.2 Å². The Balaban J connectivity index is 2.05. The zero-order valence-electron chi connectivity index (χ0n) is 11.8. The molecule has 0 fully saturated rings. The number of hydrogen-bond acceptors (Lipinski definition) is 1. The van der Waals surface area contributed by atoms with Crippen molar-refractivity contribution >= 4 is 5.69 Å². The molecule has 102 valence electrons. The molecule has 0 heterocycles. The van der Waals surface area contributed by atoms with Crippen LogP contribution in [-0.4, -0.2) is 6.54 Å². The lowest BCUT2D eigenvalue weighted by atomic mass is 10.1. The van der Waals surface area contributed by atoms with Crippen molar-refractivity contribution in [3.63, 3.8) is 0 Å². The third kappa shape index (κ3) is 6.04. The molecule has 0 bridgehead atoms. The Morgan fingerprint density at radius 3 is 2.33 bits per heavy atom. The average Bonchev–Trinajstić information content (AvgIpc) is 2.37. The minimum atomic E-state index is -0.128. The van der Waals surface area contributed by atoms with Gasteiger partial charge in [0.1, 0.15) is 5.82 Å². The summed E-state index contributed by atoms with van der Waals surface area (Å²) in [6.45, 7) is 5.03. The quantitative estimate of drug-likeness (QED) is 0.587. The molecule has 1 nitrogen and oxygen atoms in total. The fourth-order valence-corrected chi connectivity index (χ4v) is 2.07. The first kappa shape index (κ1) is 15.0. The molecular formula is C16H26FN. The molecule has 0 unspecified atom stereocenters. The summed E-state index contributed by atoms with van der Waals surface area (Å²) in [4.78, 5) is 0. The average molecular weight is 251 g/mol. The summed E-state index contributed by atoms with van der Waals surface area (Å²) in [6, 6.07) is 5.21. The van der Waals surface area contributed by atoms with E-state index in [1.165, 1.54) is 51.0 Å². The van der Waals surface area contributed by atoms with Crippen molar-refractivity contribution in [3.05, 3.63) is 29.6 Å². The number of nitrogens with one attached hydrogen (secondary N) is 1. The summed E-state index contributed by atoms with van der Waals surface area (Å²) in [5.74, 6) is -0.128. The fourth-order valence-electron chi connectivity index (χ4n) is 2.07. The molecule has 0 spiro atoms. The lowest BCUT2D eigenvalue weighted by Gasteiger charge is -2.07. The highest BCUT2D eigenvalue weighted by molar-refractivity contribution is 5.45. The van der Waals surface area contributed by atoms with Gasteiger partial charge < -0.3 is 5.32 Å². The van der Waals surface area contributed by atoms with E-state index in [2.05, 4.69) is 12.2 Å². The summed E-state index contributed by atoms with van der Waals surface area (Å²) in [6.07, 6.45) is 9.24. The van der Waals surface area contributed by atoms with Gasteiger partial charge >= 0.3 is 0 Å². The monoisotopic (exact) mass is 251 g/mol. The van der Waals surface area contributed by atoms with Gasteiger partial charge in [0.25, 0.3) is 0 Å². The number of anilines is 1. The Hall–Kier alpha value is -1.05. The zero-order valence-corrected chi connectivity index (χ0v) is 11.8. The van der Waals surface area contributed by atoms with Gasteiger partial charge in [-0.05, 0) is 37.1 Å². The van der Waals surface area contributed by atoms with Crippen molar-refractivity contribution in [1.29, 1.82) is 0 Å². The Kier molecular flexibility index (Phi) is 7.47. The van der Waals surface area contributed by atoms with Gasteiger partial charge in [0.15, 0.2) is 0 Å². The van der Waals surface area contributed by atoms with Crippen LogP contribution >= 0.6 is 0 Å². The molecule has 0 atom stereocenters. The lowest BCUT2D eigenvalue weighted by molar-refractivity contribution is 0.596. The van der Waals surface area contributed by atoms with Crippen molar-refractivity contribution in [2.45, 2.75) is 58.8 Å². The van der Waals surface area contributed by atoms with E-state index in [-0.39, 0.29) is 5.82 Å². The minimum Gasteiger partial charge on any atom is -0.385 e. The van der Waals surface area contributed by atoms with Crippen molar-refractivity contribution in [1.82, 2.24) is 0 Å². The molecule has 2 heteroatoms. The molecular weight excluding hydrogens is 225 g/mol. The van der Waals surface area contributed by atoms with Gasteiger partial charge in [-0.15, -0.1) is 0 Å². The van der Waals surface area contributed by atoms with Crippen molar-refractivity contribution in [2.75, 3.05) is 11.9 Å². The minimum absolute atomic E-state index is 0.128. The zero-order chi connectivity index (χ0) is 13.2. The number of halogens is 1. The first-order valence-electron chi connectivity index (χ1n) is 7.24. The van der Waals surface area contributed by atoms with E-state index in [0.29, 0.717) is 5.56 Å². The summed E-state index contributed by atoms with van der Waals surface area (Å²) in [5, 5.41) is 3.35. The first-order chi connectivity index (χ1) is 8.74. The fraction of sp³-hybridized carbons (Fsp3) is 0.625. The van der Waals surface area contributed by atoms with Crippen LogP contribution in [0.2, 0.25) is 0 Å². The second kappa shape index (κ2) is 8.96. The second-order valence-corrected chi connectivity index (χ2v) is 5.01. The van der Waals surface area contributed by atoms with E-state index >= 15 is 0 Å². The Labute approximate surface area is 111 Å². The van der Waals surface area contributed by atoms with Crippen LogP contribution in [0, 0.1) is 12.7 Å². The Morgan fingerprint density at radius 1 is 1.00 bits per heavy atom. The molecule has 0 amide bonds. The Bertz CT molecular complexity index is 336. The van der Waals surface area contributed by atoms with Gasteiger partial charge in [-0.2, -0.15) is 0 Å². The molecule has 0 aliphatic carbocycles. The molecule has 0 aliphatic rings. The van der Waals surface area contributed by atoms with Crippen LogP contribution in [0.4, 0.5) is 10.1 Å². The highest BCUT2D eigenvalue weighted by atomic mass is 19.1. The SMILES string of the molecule is CCCCCCCCCNc1ccc(F)c(C)c1. The van der Waals surface area contributed by atoms with E-state index in [1.54, 1.807) is 6.92 Å². The third-order valence-electron chi connectivity index (χ3n) is 3.27. The van der Waals surface area contributed by atoms with Crippen LogP contribution in [0.3, 0.4) is 0 Å². The molecule has 1 rings (SSSR count). The summed E-state index contributed by atoms with van der Waals surface area (Å²) in [7, 11) is 0. The predicted octanol–water partition coefficient (Wildman–Crippen LogP) is 5.30. The van der Waals surface area contributed by atoms with Gasteiger partial charge in [0.05, 0.1) is 0 Å². The van der Waals surface area contributed by atoms with Gasteiger partial charge in [-0.25, -0.2) is 4.39 Å². The van der Waals surface area contributed by atoms with Crippen molar-refractivity contribution in [3.8, 4) is 0 Å². The maximum absolute atomic E-state index is 13.1. The van der Waals surface area contributed by atoms with Gasteiger partial charge in [-0.3, -0.25) is 0 Å². The van der Waals surface area contributed by atoms with E-state index < -0.39 is 0 Å². The highest BCUT2D eigenvalue weighted by Crippen LogP contribution is 2.14. The maximum atomic E-state index is 13.1. The summed E-state index contributed by atoms with van der Waals surface area (Å²) < 4.78 is 13.1. The van der Waals surface area contributed by atoms with E-state index in [9.17, 15) is 4.39 Å². The smallest absolute Gasteiger partial charge is 0.126 e. The molecule has 0 aliphatic heterocycles. The van der Waals surface area contributed by atoms with Crippen molar-refractivity contribution in [2.24, 2.45) is 0 Å². The van der Waals surface area contributed by atoms with E-state index in [4.69, 9.17) is 0 Å². The van der Waals surface area contributed by atoms with Crippen LogP contribution in [0.25, 0.3) is 0 Å². The largest absolute Gasteiger partial charge is 0.385 e. The summed E-state index contributed by atoms with van der Waals surface area (Å²) in [5.41, 5.74) is 1.74. The maximum Gasteiger partial charge on any atom is 0.126 e. The molecule has 1 aromatic carbocycles. The molecule has 0 saturated heterocycles. The molecule has 1 aromatic rings. The van der Waals surface area contributed by atoms with Crippen LogP contribution in [0.5, 0.6) is 0 Å². The van der Waals surface area contributed by atoms with Crippen LogP contribution < -0.4 is 5.32 Å². The number of aryl methyl sites for hydroxylation is 1. The van der Waals surface area contributed by atoms with Crippen molar-refractivity contribution < 1.29 is 4.39 Å². The normalized spacial score (nSPS) is 10.6. The lowest BCUT2D eigenvalue weighted by Crippen LogP contribution is -2.01. The van der Waals surface area contributed by atoms with E-state index in [0.717, 1.165) is 12.2 Å².